The monoisotopic (exact) mass is 538 g/mol. The van der Waals surface area contributed by atoms with Crippen LogP contribution in [0.25, 0.3) is 0 Å². The van der Waals surface area contributed by atoms with Crippen LogP contribution in [0.15, 0.2) is 33.9 Å². The Morgan fingerprint density at radius 3 is 2.62 bits per heavy atom. The number of aryl methyl sites for hydroxylation is 1. The molecule has 0 bridgehead atoms. The van der Waals surface area contributed by atoms with Crippen molar-refractivity contribution in [2.45, 2.75) is 32.5 Å². The van der Waals surface area contributed by atoms with E-state index in [1.54, 1.807) is 11.5 Å². The van der Waals surface area contributed by atoms with Crippen molar-refractivity contribution >= 4 is 55.9 Å². The lowest BCUT2D eigenvalue weighted by Crippen LogP contribution is -2.16. The predicted octanol–water partition coefficient (Wildman–Crippen LogP) is 4.74. The first-order valence-electron chi connectivity index (χ1n) is 9.76. The zero-order valence-corrected chi connectivity index (χ0v) is 21.3. The highest BCUT2D eigenvalue weighted by Crippen LogP contribution is 2.33. The number of thioether (sulfide) groups is 1. The molecular formula is C21H23BrN4O4S2. The van der Waals surface area contributed by atoms with Crippen LogP contribution in [0.1, 0.15) is 33.5 Å². The number of hydrogen-bond acceptors (Lipinski definition) is 8. The second kappa shape index (κ2) is 11.0. The van der Waals surface area contributed by atoms with Crippen LogP contribution < -0.4 is 10.1 Å². The summed E-state index contributed by atoms with van der Waals surface area (Å²) < 4.78 is 13.6. The molecule has 0 fully saturated rings. The highest BCUT2D eigenvalue weighted by Gasteiger charge is 2.22. The van der Waals surface area contributed by atoms with Gasteiger partial charge in [-0.05, 0) is 50.6 Å². The number of nitrogens with one attached hydrogen (secondary N) is 1. The number of carbonyl (C=O) groups excluding carboxylic acids is 2. The molecule has 0 saturated carbocycles. The molecule has 11 heteroatoms. The van der Waals surface area contributed by atoms with Crippen molar-refractivity contribution in [3.05, 3.63) is 50.6 Å². The largest absolute Gasteiger partial charge is 0.486 e. The van der Waals surface area contributed by atoms with Gasteiger partial charge < -0.3 is 19.4 Å². The van der Waals surface area contributed by atoms with Gasteiger partial charge in [-0.1, -0.05) is 27.7 Å². The molecule has 3 aromatic rings. The van der Waals surface area contributed by atoms with E-state index in [9.17, 15) is 9.59 Å². The summed E-state index contributed by atoms with van der Waals surface area (Å²) >= 11 is 6.01. The first-order valence-corrected chi connectivity index (χ1v) is 12.4. The smallest absolute Gasteiger partial charge is 0.341 e. The summed E-state index contributed by atoms with van der Waals surface area (Å²) in [6.45, 7) is 6.04. The van der Waals surface area contributed by atoms with Gasteiger partial charge in [0.2, 0.25) is 5.91 Å². The van der Waals surface area contributed by atoms with Gasteiger partial charge in [-0.2, -0.15) is 0 Å². The molecule has 0 unspecified atom stereocenters. The maximum atomic E-state index is 12.5. The van der Waals surface area contributed by atoms with Crippen LogP contribution in [0.2, 0.25) is 0 Å². The van der Waals surface area contributed by atoms with Crippen molar-refractivity contribution in [3.63, 3.8) is 0 Å². The second-order valence-electron chi connectivity index (χ2n) is 6.75. The van der Waals surface area contributed by atoms with Crippen molar-refractivity contribution in [2.24, 2.45) is 7.05 Å². The topological polar surface area (TPSA) is 95.3 Å². The fourth-order valence-corrected chi connectivity index (χ4v) is 4.79. The molecule has 170 valence electrons. The lowest BCUT2D eigenvalue weighted by Gasteiger charge is -2.08. The van der Waals surface area contributed by atoms with Crippen molar-refractivity contribution in [1.29, 1.82) is 0 Å². The van der Waals surface area contributed by atoms with Gasteiger partial charge >= 0.3 is 5.97 Å². The number of ether oxygens (including phenoxy) is 2. The number of hydrogen-bond donors (Lipinski definition) is 1. The minimum atomic E-state index is -0.430. The number of anilines is 1. The Kier molecular flexibility index (Phi) is 8.32. The fraction of sp³-hybridized carbons (Fsp3) is 0.333. The second-order valence-corrected chi connectivity index (χ2v) is 9.83. The standard InChI is InChI=1S/C21H23BrN4O4S2/c1-5-29-20(28)18-12(2)13(3)32-19(18)23-17(27)11-31-21-25-24-16(26(21)4)10-30-15-8-6-14(22)7-9-15/h6-9H,5,10-11H2,1-4H3,(H,23,27). The summed E-state index contributed by atoms with van der Waals surface area (Å²) in [6, 6.07) is 7.52. The molecule has 1 N–H and O–H groups in total. The van der Waals surface area contributed by atoms with E-state index in [0.29, 0.717) is 21.5 Å². The van der Waals surface area contributed by atoms with Gasteiger partial charge in [0.05, 0.1) is 17.9 Å². The third-order valence-corrected chi connectivity index (χ3v) is 7.23. The predicted molar refractivity (Wildman–Crippen MR) is 129 cm³/mol. The third-order valence-electron chi connectivity index (χ3n) is 4.56. The van der Waals surface area contributed by atoms with E-state index < -0.39 is 5.97 Å². The minimum absolute atomic E-state index is 0.123. The van der Waals surface area contributed by atoms with E-state index in [-0.39, 0.29) is 24.9 Å². The molecule has 3 rings (SSSR count). The summed E-state index contributed by atoms with van der Waals surface area (Å²) in [5.74, 6) is 0.824. The van der Waals surface area contributed by atoms with E-state index in [1.165, 1.54) is 23.1 Å². The molecule has 2 aromatic heterocycles. The first-order chi connectivity index (χ1) is 15.3. The highest BCUT2D eigenvalue weighted by atomic mass is 79.9. The Balaban J connectivity index is 1.58. The Labute approximate surface area is 202 Å². The SMILES string of the molecule is CCOC(=O)c1c(NC(=O)CSc2nnc(COc3ccc(Br)cc3)n2C)sc(C)c1C. The van der Waals surface area contributed by atoms with Gasteiger partial charge in [0.1, 0.15) is 17.4 Å². The van der Waals surface area contributed by atoms with Crippen molar-refractivity contribution in [3.8, 4) is 5.75 Å². The molecule has 0 aliphatic rings. The highest BCUT2D eigenvalue weighted by molar-refractivity contribution is 9.10. The minimum Gasteiger partial charge on any atom is -0.486 e. The number of nitrogens with zero attached hydrogens (tertiary/aromatic N) is 3. The maximum absolute atomic E-state index is 12.5. The third kappa shape index (κ3) is 5.90. The van der Waals surface area contributed by atoms with Crippen LogP contribution >= 0.6 is 39.0 Å². The van der Waals surface area contributed by atoms with Gasteiger partial charge in [0.15, 0.2) is 11.0 Å². The molecule has 8 nitrogen and oxygen atoms in total. The number of esters is 1. The van der Waals surface area contributed by atoms with Crippen molar-refractivity contribution < 1.29 is 19.1 Å². The number of aromatic nitrogens is 3. The number of halogens is 1. The van der Waals surface area contributed by atoms with Crippen LogP contribution in [0, 0.1) is 13.8 Å². The molecule has 0 aliphatic carbocycles. The summed E-state index contributed by atoms with van der Waals surface area (Å²) in [5.41, 5.74) is 1.24. The van der Waals surface area contributed by atoms with Gasteiger partial charge in [0, 0.05) is 16.4 Å². The zero-order chi connectivity index (χ0) is 23.3. The maximum Gasteiger partial charge on any atom is 0.341 e. The van der Waals surface area contributed by atoms with E-state index in [1.807, 2.05) is 45.2 Å². The first kappa shape index (κ1) is 24.3. The summed E-state index contributed by atoms with van der Waals surface area (Å²) in [5, 5.41) is 12.2. The summed E-state index contributed by atoms with van der Waals surface area (Å²) in [6.07, 6.45) is 0. The molecule has 0 radical (unpaired) electrons. The fourth-order valence-electron chi connectivity index (χ4n) is 2.73. The lowest BCUT2D eigenvalue weighted by atomic mass is 10.1. The van der Waals surface area contributed by atoms with E-state index in [2.05, 4.69) is 31.4 Å². The van der Waals surface area contributed by atoms with Crippen molar-refractivity contribution in [2.75, 3.05) is 17.7 Å². The van der Waals surface area contributed by atoms with Crippen LogP contribution in [-0.2, 0) is 23.2 Å². The number of benzene rings is 1. The molecule has 0 atom stereocenters. The molecule has 0 spiro atoms. The Hall–Kier alpha value is -2.37. The molecule has 32 heavy (non-hydrogen) atoms. The average molecular weight is 539 g/mol. The quantitative estimate of drug-likeness (QED) is 0.310. The lowest BCUT2D eigenvalue weighted by molar-refractivity contribution is -0.113. The zero-order valence-electron chi connectivity index (χ0n) is 18.1. The van der Waals surface area contributed by atoms with Crippen molar-refractivity contribution in [1.82, 2.24) is 14.8 Å². The van der Waals surface area contributed by atoms with Crippen LogP contribution in [0.5, 0.6) is 5.75 Å². The van der Waals surface area contributed by atoms with E-state index >= 15 is 0 Å². The molecule has 2 heterocycles. The number of carbonyl (C=O) groups is 2. The Morgan fingerprint density at radius 1 is 1.22 bits per heavy atom. The molecule has 1 amide bonds. The average Bonchev–Trinajstić information content (AvgIpc) is 3.24. The number of rotatable bonds is 9. The van der Waals surface area contributed by atoms with Crippen LogP contribution in [0.3, 0.4) is 0 Å². The van der Waals surface area contributed by atoms with Crippen LogP contribution in [-0.4, -0.2) is 39.0 Å². The summed E-state index contributed by atoms with van der Waals surface area (Å²) in [7, 11) is 1.82. The Bertz CT molecular complexity index is 1110. The van der Waals surface area contributed by atoms with Gasteiger partial charge in [0.25, 0.3) is 0 Å². The molecule has 0 aliphatic heterocycles. The molecule has 1 aromatic carbocycles. The van der Waals surface area contributed by atoms with E-state index in [0.717, 1.165) is 20.7 Å². The summed E-state index contributed by atoms with van der Waals surface area (Å²) in [4.78, 5) is 25.8. The number of amides is 1. The van der Waals surface area contributed by atoms with Gasteiger partial charge in [-0.25, -0.2) is 4.79 Å². The molecule has 0 saturated heterocycles. The number of thiophene rings is 1. The van der Waals surface area contributed by atoms with Crippen LogP contribution in [0.4, 0.5) is 5.00 Å². The van der Waals surface area contributed by atoms with E-state index in [4.69, 9.17) is 9.47 Å². The normalized spacial score (nSPS) is 10.8. The van der Waals surface area contributed by atoms with Gasteiger partial charge in [-0.15, -0.1) is 21.5 Å². The van der Waals surface area contributed by atoms with Gasteiger partial charge in [-0.3, -0.25) is 4.79 Å². The Morgan fingerprint density at radius 2 is 1.94 bits per heavy atom. The molecular weight excluding hydrogens is 516 g/mol.